The molecule has 37 heavy (non-hydrogen) atoms. The molecule has 0 aromatic rings. The van der Waals surface area contributed by atoms with E-state index in [1.807, 2.05) is 0 Å². The van der Waals surface area contributed by atoms with Gasteiger partial charge in [-0.2, -0.15) is 0 Å². The van der Waals surface area contributed by atoms with E-state index in [1.54, 1.807) is 0 Å². The van der Waals surface area contributed by atoms with Crippen molar-refractivity contribution < 1.29 is 79.5 Å². The number of amides is 1. The van der Waals surface area contributed by atoms with E-state index in [4.69, 9.17) is 23.7 Å². The monoisotopic (exact) mass is 545 g/mol. The van der Waals surface area contributed by atoms with Crippen molar-refractivity contribution in [3.05, 3.63) is 0 Å². The Labute approximate surface area is 210 Å². The molecule has 3 rings (SSSR count). The largest absolute Gasteiger partial charge is 0.394 e. The maximum atomic E-state index is 11.6. The SMILES string of the molecule is CC(=O)N[C@@H]1[C@@H](O[C@@H]2O[C@H](CO)[C@H](O)[C@H](O[C@@H]3O[C@H](CO)[C@@H](O)[C@H](O)[C@H]3O)[C@H]2O)[C@@H](O)[C@@H](CO)O[C@H]1O. The van der Waals surface area contributed by atoms with Gasteiger partial charge in [-0.15, -0.1) is 0 Å². The molecule has 0 unspecified atom stereocenters. The Hall–Kier alpha value is -1.13. The molecule has 0 saturated carbocycles. The fourth-order valence-corrected chi connectivity index (χ4v) is 4.45. The molecule has 0 spiro atoms. The highest BCUT2D eigenvalue weighted by Gasteiger charge is 2.53. The van der Waals surface area contributed by atoms with Gasteiger partial charge in [-0.25, -0.2) is 0 Å². The molecule has 0 aromatic heterocycles. The van der Waals surface area contributed by atoms with E-state index in [9.17, 15) is 55.9 Å². The Morgan fingerprint density at radius 3 is 1.65 bits per heavy atom. The van der Waals surface area contributed by atoms with Crippen molar-refractivity contribution in [3.8, 4) is 0 Å². The smallest absolute Gasteiger partial charge is 0.217 e. The van der Waals surface area contributed by atoms with Crippen molar-refractivity contribution in [1.29, 1.82) is 0 Å². The molecule has 15 atom stereocenters. The first-order valence-corrected chi connectivity index (χ1v) is 11.6. The molecule has 3 aliphatic rings. The van der Waals surface area contributed by atoms with Crippen LogP contribution in [0, 0.1) is 0 Å². The van der Waals surface area contributed by atoms with E-state index >= 15 is 0 Å². The Morgan fingerprint density at radius 1 is 0.649 bits per heavy atom. The fraction of sp³-hybridized carbons (Fsp3) is 0.950. The summed E-state index contributed by atoms with van der Waals surface area (Å²) in [5.41, 5.74) is 0. The molecule has 0 bridgehead atoms. The van der Waals surface area contributed by atoms with E-state index in [1.165, 1.54) is 0 Å². The van der Waals surface area contributed by atoms with Crippen molar-refractivity contribution in [2.45, 2.75) is 99.0 Å². The molecular weight excluding hydrogens is 510 g/mol. The van der Waals surface area contributed by atoms with E-state index in [0.717, 1.165) is 6.92 Å². The molecule has 3 heterocycles. The number of rotatable bonds is 8. The van der Waals surface area contributed by atoms with Crippen LogP contribution in [0.4, 0.5) is 0 Å². The maximum absolute atomic E-state index is 11.6. The van der Waals surface area contributed by atoms with Gasteiger partial charge in [-0.3, -0.25) is 4.79 Å². The van der Waals surface area contributed by atoms with Crippen LogP contribution in [0.1, 0.15) is 6.92 Å². The Kier molecular flexibility index (Phi) is 10.5. The minimum absolute atomic E-state index is 0.645. The predicted octanol–water partition coefficient (Wildman–Crippen LogP) is -7.43. The van der Waals surface area contributed by atoms with Gasteiger partial charge in [0.1, 0.15) is 73.2 Å². The number of carbonyl (C=O) groups excluding carboxylic acids is 1. The number of carbonyl (C=O) groups is 1. The summed E-state index contributed by atoms with van der Waals surface area (Å²) in [5.74, 6) is -0.645. The highest BCUT2D eigenvalue weighted by Crippen LogP contribution is 2.32. The molecule has 0 aromatic carbocycles. The van der Waals surface area contributed by atoms with Crippen molar-refractivity contribution >= 4 is 5.91 Å². The van der Waals surface area contributed by atoms with E-state index in [2.05, 4.69) is 5.32 Å². The number of hydrogen-bond donors (Lipinski definition) is 11. The zero-order valence-corrected chi connectivity index (χ0v) is 19.7. The third-order valence-electron chi connectivity index (χ3n) is 6.50. The average Bonchev–Trinajstić information content (AvgIpc) is 2.86. The number of nitrogens with one attached hydrogen (secondary N) is 1. The molecule has 0 radical (unpaired) electrons. The van der Waals surface area contributed by atoms with Gasteiger partial charge < -0.3 is 80.1 Å². The summed E-state index contributed by atoms with van der Waals surface area (Å²) in [4.78, 5) is 11.6. The van der Waals surface area contributed by atoms with Crippen molar-refractivity contribution in [2.75, 3.05) is 19.8 Å². The molecule has 17 heteroatoms. The predicted molar refractivity (Wildman–Crippen MR) is 113 cm³/mol. The second-order valence-corrected chi connectivity index (χ2v) is 9.07. The lowest BCUT2D eigenvalue weighted by Crippen LogP contribution is -2.68. The molecule has 3 saturated heterocycles. The summed E-state index contributed by atoms with van der Waals surface area (Å²) in [6.45, 7) is -1.23. The first-order chi connectivity index (χ1) is 17.4. The summed E-state index contributed by atoms with van der Waals surface area (Å²) in [7, 11) is 0. The lowest BCUT2D eigenvalue weighted by atomic mass is 9.95. The Morgan fingerprint density at radius 2 is 1.11 bits per heavy atom. The van der Waals surface area contributed by atoms with Crippen LogP contribution < -0.4 is 5.32 Å². The molecule has 216 valence electrons. The van der Waals surface area contributed by atoms with Crippen LogP contribution >= 0.6 is 0 Å². The highest BCUT2D eigenvalue weighted by atomic mass is 16.7. The molecule has 0 aliphatic carbocycles. The summed E-state index contributed by atoms with van der Waals surface area (Å²) in [6, 6.07) is -1.41. The van der Waals surface area contributed by atoms with Gasteiger partial charge in [0.05, 0.1) is 19.8 Å². The lowest BCUT2D eigenvalue weighted by Gasteiger charge is -2.48. The summed E-state index contributed by atoms with van der Waals surface area (Å²) in [5, 5.41) is 103. The van der Waals surface area contributed by atoms with Gasteiger partial charge in [-0.05, 0) is 0 Å². The van der Waals surface area contributed by atoms with Crippen LogP contribution in [0.25, 0.3) is 0 Å². The van der Waals surface area contributed by atoms with Crippen LogP contribution in [-0.4, -0.2) is 169 Å². The lowest BCUT2D eigenvalue weighted by molar-refractivity contribution is -0.373. The number of hydrogen-bond acceptors (Lipinski definition) is 16. The number of ether oxygens (including phenoxy) is 5. The normalized spacial score (nSPS) is 49.0. The zero-order valence-electron chi connectivity index (χ0n) is 19.7. The van der Waals surface area contributed by atoms with Crippen molar-refractivity contribution in [2.24, 2.45) is 0 Å². The molecule has 11 N–H and O–H groups in total. The quantitative estimate of drug-likeness (QED) is 0.135. The second kappa shape index (κ2) is 12.8. The summed E-state index contributed by atoms with van der Waals surface area (Å²) < 4.78 is 26.9. The third kappa shape index (κ3) is 6.38. The minimum Gasteiger partial charge on any atom is -0.394 e. The van der Waals surface area contributed by atoms with Crippen LogP contribution in [-0.2, 0) is 28.5 Å². The Balaban J connectivity index is 1.83. The topological polar surface area (TPSA) is 278 Å². The van der Waals surface area contributed by atoms with Gasteiger partial charge in [0.2, 0.25) is 5.91 Å². The van der Waals surface area contributed by atoms with Crippen molar-refractivity contribution in [3.63, 3.8) is 0 Å². The minimum atomic E-state index is -1.93. The van der Waals surface area contributed by atoms with Gasteiger partial charge in [0.25, 0.3) is 0 Å². The molecule has 17 nitrogen and oxygen atoms in total. The summed E-state index contributed by atoms with van der Waals surface area (Å²) >= 11 is 0. The fourth-order valence-electron chi connectivity index (χ4n) is 4.45. The zero-order chi connectivity index (χ0) is 27.6. The van der Waals surface area contributed by atoms with Gasteiger partial charge in [0, 0.05) is 6.92 Å². The molecule has 1 amide bonds. The van der Waals surface area contributed by atoms with Crippen molar-refractivity contribution in [1.82, 2.24) is 5.32 Å². The van der Waals surface area contributed by atoms with Gasteiger partial charge >= 0.3 is 0 Å². The van der Waals surface area contributed by atoms with Crippen LogP contribution in [0.3, 0.4) is 0 Å². The average molecular weight is 545 g/mol. The molecular formula is C20H35NO16. The molecule has 3 fully saturated rings. The van der Waals surface area contributed by atoms with Crippen LogP contribution in [0.15, 0.2) is 0 Å². The van der Waals surface area contributed by atoms with E-state index < -0.39 is 118 Å². The second-order valence-electron chi connectivity index (χ2n) is 9.07. The Bertz CT molecular complexity index is 745. The van der Waals surface area contributed by atoms with Crippen LogP contribution in [0.2, 0.25) is 0 Å². The maximum Gasteiger partial charge on any atom is 0.217 e. The third-order valence-corrected chi connectivity index (χ3v) is 6.50. The number of aliphatic hydroxyl groups excluding tert-OH is 10. The summed E-state index contributed by atoms with van der Waals surface area (Å²) in [6.07, 6.45) is -23.5. The first kappa shape index (κ1) is 30.4. The standard InChI is InChI=1S/C20H35NO16/c1-5(25)21-9-16(11(27)7(3-23)33-18(9)32)36-20-15(31)17(12(28)8(4-24)35-20)37-19-14(30)13(29)10(26)6(2-22)34-19/h6-20,22-24,26-32H,2-4H2,1H3,(H,21,25)/t6-,7-,8-,9-,10-,11+,12+,13+,14-,15-,16-,17+,18-,19+,20+/m1/s1. The van der Waals surface area contributed by atoms with E-state index in [-0.39, 0.29) is 0 Å². The molecule has 3 aliphatic heterocycles. The van der Waals surface area contributed by atoms with Crippen LogP contribution in [0.5, 0.6) is 0 Å². The van der Waals surface area contributed by atoms with Gasteiger partial charge in [0.15, 0.2) is 18.9 Å². The van der Waals surface area contributed by atoms with E-state index in [0.29, 0.717) is 0 Å². The number of aliphatic hydroxyl groups is 10. The first-order valence-electron chi connectivity index (χ1n) is 11.6. The van der Waals surface area contributed by atoms with Gasteiger partial charge in [-0.1, -0.05) is 0 Å². The highest BCUT2D eigenvalue weighted by molar-refractivity contribution is 5.73.